The SMILES string of the molecule is C/C=C/CCNC(=O)c1cccc(Cl)n1. The van der Waals surface area contributed by atoms with E-state index in [2.05, 4.69) is 10.3 Å². The summed E-state index contributed by atoms with van der Waals surface area (Å²) in [5.74, 6) is -0.193. The number of pyridine rings is 1. The molecule has 1 N–H and O–H groups in total. The average molecular weight is 225 g/mol. The van der Waals surface area contributed by atoms with Crippen LogP contribution in [0.4, 0.5) is 0 Å². The van der Waals surface area contributed by atoms with Crippen LogP contribution >= 0.6 is 11.6 Å². The van der Waals surface area contributed by atoms with E-state index in [1.807, 2.05) is 19.1 Å². The van der Waals surface area contributed by atoms with E-state index in [1.54, 1.807) is 18.2 Å². The van der Waals surface area contributed by atoms with Crippen LogP contribution in [-0.4, -0.2) is 17.4 Å². The zero-order valence-electron chi connectivity index (χ0n) is 8.53. The summed E-state index contributed by atoms with van der Waals surface area (Å²) in [5, 5.41) is 3.08. The smallest absolute Gasteiger partial charge is 0.269 e. The second kappa shape index (κ2) is 6.19. The Morgan fingerprint density at radius 2 is 2.40 bits per heavy atom. The van der Waals surface area contributed by atoms with Crippen LogP contribution in [0.5, 0.6) is 0 Å². The fraction of sp³-hybridized carbons (Fsp3) is 0.273. The molecule has 4 heteroatoms. The van der Waals surface area contributed by atoms with Crippen molar-refractivity contribution in [3.63, 3.8) is 0 Å². The Kier molecular flexibility index (Phi) is 4.84. The summed E-state index contributed by atoms with van der Waals surface area (Å²) in [6.07, 6.45) is 4.76. The molecule has 0 bridgehead atoms. The Morgan fingerprint density at radius 3 is 3.07 bits per heavy atom. The van der Waals surface area contributed by atoms with E-state index in [1.165, 1.54) is 0 Å². The highest BCUT2D eigenvalue weighted by molar-refractivity contribution is 6.29. The lowest BCUT2D eigenvalue weighted by Crippen LogP contribution is -2.25. The first-order valence-corrected chi connectivity index (χ1v) is 5.13. The van der Waals surface area contributed by atoms with E-state index in [9.17, 15) is 4.79 Å². The molecular formula is C11H13ClN2O. The highest BCUT2D eigenvalue weighted by Gasteiger charge is 2.05. The summed E-state index contributed by atoms with van der Waals surface area (Å²) < 4.78 is 0. The number of carbonyl (C=O) groups excluding carboxylic acids is 1. The molecule has 1 heterocycles. The summed E-state index contributed by atoms with van der Waals surface area (Å²) >= 11 is 5.67. The molecule has 3 nitrogen and oxygen atoms in total. The first-order valence-electron chi connectivity index (χ1n) is 4.76. The van der Waals surface area contributed by atoms with E-state index in [0.29, 0.717) is 17.4 Å². The Morgan fingerprint density at radius 1 is 1.60 bits per heavy atom. The molecule has 1 amide bonds. The van der Waals surface area contributed by atoms with Gasteiger partial charge in [-0.3, -0.25) is 4.79 Å². The monoisotopic (exact) mass is 224 g/mol. The van der Waals surface area contributed by atoms with E-state index < -0.39 is 0 Å². The molecule has 1 aromatic heterocycles. The van der Waals surface area contributed by atoms with Gasteiger partial charge in [0.05, 0.1) is 0 Å². The molecule has 0 atom stereocenters. The van der Waals surface area contributed by atoms with Crippen molar-refractivity contribution in [2.75, 3.05) is 6.54 Å². The number of halogens is 1. The van der Waals surface area contributed by atoms with Gasteiger partial charge < -0.3 is 5.32 Å². The van der Waals surface area contributed by atoms with Gasteiger partial charge in [-0.25, -0.2) is 4.98 Å². The van der Waals surface area contributed by atoms with Gasteiger partial charge in [-0.2, -0.15) is 0 Å². The molecule has 0 aliphatic heterocycles. The highest BCUT2D eigenvalue weighted by atomic mass is 35.5. The number of nitrogens with one attached hydrogen (secondary N) is 1. The maximum atomic E-state index is 11.5. The van der Waals surface area contributed by atoms with Crippen molar-refractivity contribution in [2.24, 2.45) is 0 Å². The standard InChI is InChI=1S/C11H13ClN2O/c1-2-3-4-8-13-11(15)9-6-5-7-10(12)14-9/h2-3,5-7H,4,8H2,1H3,(H,13,15)/b3-2+. The Balaban J connectivity index is 2.47. The molecule has 15 heavy (non-hydrogen) atoms. The minimum absolute atomic E-state index is 0.193. The summed E-state index contributed by atoms with van der Waals surface area (Å²) in [7, 11) is 0. The molecule has 0 aliphatic carbocycles. The number of nitrogens with zero attached hydrogens (tertiary/aromatic N) is 1. The van der Waals surface area contributed by atoms with E-state index in [-0.39, 0.29) is 5.91 Å². The van der Waals surface area contributed by atoms with Crippen LogP contribution in [0.25, 0.3) is 0 Å². The van der Waals surface area contributed by atoms with Crippen LogP contribution in [0.3, 0.4) is 0 Å². The van der Waals surface area contributed by atoms with Crippen molar-refractivity contribution < 1.29 is 4.79 Å². The third-order valence-corrected chi connectivity index (χ3v) is 1.99. The van der Waals surface area contributed by atoms with Crippen molar-refractivity contribution in [1.29, 1.82) is 0 Å². The van der Waals surface area contributed by atoms with Crippen molar-refractivity contribution in [3.05, 3.63) is 41.2 Å². The molecule has 1 rings (SSSR count). The van der Waals surface area contributed by atoms with E-state index in [4.69, 9.17) is 11.6 Å². The van der Waals surface area contributed by atoms with E-state index in [0.717, 1.165) is 6.42 Å². The lowest BCUT2D eigenvalue weighted by atomic mass is 10.3. The first-order chi connectivity index (χ1) is 7.24. The minimum atomic E-state index is -0.193. The van der Waals surface area contributed by atoms with Crippen molar-refractivity contribution in [3.8, 4) is 0 Å². The lowest BCUT2D eigenvalue weighted by Gasteiger charge is -2.02. The molecule has 0 aromatic carbocycles. The van der Waals surface area contributed by atoms with Crippen LogP contribution in [-0.2, 0) is 0 Å². The summed E-state index contributed by atoms with van der Waals surface area (Å²) in [6.45, 7) is 2.55. The largest absolute Gasteiger partial charge is 0.350 e. The minimum Gasteiger partial charge on any atom is -0.350 e. The van der Waals surface area contributed by atoms with Gasteiger partial charge in [0.1, 0.15) is 10.8 Å². The number of hydrogen-bond acceptors (Lipinski definition) is 2. The van der Waals surface area contributed by atoms with E-state index >= 15 is 0 Å². The summed E-state index contributed by atoms with van der Waals surface area (Å²) in [4.78, 5) is 15.4. The molecule has 0 radical (unpaired) electrons. The second-order valence-corrected chi connectivity index (χ2v) is 3.35. The first kappa shape index (κ1) is 11.7. The predicted molar refractivity (Wildman–Crippen MR) is 61.0 cm³/mol. The fourth-order valence-electron chi connectivity index (χ4n) is 1.06. The second-order valence-electron chi connectivity index (χ2n) is 2.96. The Bertz CT molecular complexity index is 363. The van der Waals surface area contributed by atoms with Crippen molar-refractivity contribution >= 4 is 17.5 Å². The molecule has 0 aliphatic rings. The molecule has 0 saturated heterocycles. The average Bonchev–Trinajstić information content (AvgIpc) is 2.24. The van der Waals surface area contributed by atoms with Crippen LogP contribution in [0.2, 0.25) is 5.15 Å². The van der Waals surface area contributed by atoms with Crippen LogP contribution in [0, 0.1) is 0 Å². The molecule has 0 unspecified atom stereocenters. The van der Waals surface area contributed by atoms with Gasteiger partial charge in [0.2, 0.25) is 0 Å². The normalized spacial score (nSPS) is 10.5. The van der Waals surface area contributed by atoms with Gasteiger partial charge in [-0.1, -0.05) is 29.8 Å². The molecular weight excluding hydrogens is 212 g/mol. The van der Waals surface area contributed by atoms with Gasteiger partial charge in [0.25, 0.3) is 5.91 Å². The lowest BCUT2D eigenvalue weighted by molar-refractivity contribution is 0.0949. The summed E-state index contributed by atoms with van der Waals surface area (Å²) in [5.41, 5.74) is 0.350. The van der Waals surface area contributed by atoms with Gasteiger partial charge >= 0.3 is 0 Å². The number of carbonyl (C=O) groups is 1. The van der Waals surface area contributed by atoms with Crippen molar-refractivity contribution in [2.45, 2.75) is 13.3 Å². The van der Waals surface area contributed by atoms with Crippen LogP contribution in [0.15, 0.2) is 30.4 Å². The van der Waals surface area contributed by atoms with Gasteiger partial charge in [-0.05, 0) is 25.5 Å². The molecule has 0 spiro atoms. The third-order valence-electron chi connectivity index (χ3n) is 1.78. The molecule has 80 valence electrons. The number of allylic oxidation sites excluding steroid dienone is 1. The zero-order valence-corrected chi connectivity index (χ0v) is 9.29. The maximum absolute atomic E-state index is 11.5. The maximum Gasteiger partial charge on any atom is 0.269 e. The number of rotatable bonds is 4. The summed E-state index contributed by atoms with van der Waals surface area (Å²) in [6, 6.07) is 4.98. The molecule has 0 saturated carbocycles. The predicted octanol–water partition coefficient (Wildman–Crippen LogP) is 2.43. The quantitative estimate of drug-likeness (QED) is 0.485. The topological polar surface area (TPSA) is 42.0 Å². The van der Waals surface area contributed by atoms with Crippen LogP contribution < -0.4 is 5.32 Å². The van der Waals surface area contributed by atoms with Crippen molar-refractivity contribution in [1.82, 2.24) is 10.3 Å². The Labute approximate surface area is 94.2 Å². The Hall–Kier alpha value is -1.35. The van der Waals surface area contributed by atoms with Gasteiger partial charge in [-0.15, -0.1) is 0 Å². The number of aromatic nitrogens is 1. The number of amides is 1. The zero-order chi connectivity index (χ0) is 11.1. The molecule has 0 fully saturated rings. The molecule has 1 aromatic rings. The van der Waals surface area contributed by atoms with Crippen LogP contribution in [0.1, 0.15) is 23.8 Å². The third kappa shape index (κ3) is 4.13. The van der Waals surface area contributed by atoms with Gasteiger partial charge in [0, 0.05) is 6.54 Å². The fourth-order valence-corrected chi connectivity index (χ4v) is 1.22. The number of hydrogen-bond donors (Lipinski definition) is 1. The van der Waals surface area contributed by atoms with Gasteiger partial charge in [0.15, 0.2) is 0 Å². The highest BCUT2D eigenvalue weighted by Crippen LogP contribution is 2.04.